The Kier molecular flexibility index (Phi) is 3.38. The van der Waals surface area contributed by atoms with E-state index >= 15 is 0 Å². The molecule has 0 bridgehead atoms. The molecule has 2 aromatic rings. The van der Waals surface area contributed by atoms with Crippen LogP contribution in [0, 0.1) is 0 Å². The molecule has 0 saturated heterocycles. The Hall–Kier alpha value is -1.82. The van der Waals surface area contributed by atoms with Crippen LogP contribution in [0.2, 0.25) is 0 Å². The smallest absolute Gasteiger partial charge is 0.374 e. The maximum Gasteiger partial charge on any atom is 0.374 e. The van der Waals surface area contributed by atoms with E-state index in [4.69, 9.17) is 9.63 Å². The Balaban J connectivity index is 2.39. The van der Waals surface area contributed by atoms with Gasteiger partial charge in [-0.2, -0.15) is 0 Å². The fourth-order valence-corrected chi connectivity index (χ4v) is 2.27. The maximum atomic E-state index is 10.7. The predicted octanol–water partition coefficient (Wildman–Crippen LogP) is 2.87. The molecule has 1 aromatic carbocycles. The highest BCUT2D eigenvalue weighted by Gasteiger charge is 2.13. The lowest BCUT2D eigenvalue weighted by atomic mass is 10.1. The van der Waals surface area contributed by atoms with Gasteiger partial charge in [-0.1, -0.05) is 11.2 Å². The number of benzene rings is 1. The first-order chi connectivity index (χ1) is 8.49. The second-order valence-electron chi connectivity index (χ2n) is 3.94. The average Bonchev–Trinajstić information content (AvgIpc) is 2.77. The normalized spacial score (nSPS) is 10.4. The Labute approximate surface area is 112 Å². The van der Waals surface area contributed by atoms with Crippen LogP contribution in [-0.2, 0) is 0 Å². The summed E-state index contributed by atoms with van der Waals surface area (Å²) >= 11 is 3.46. The molecular formula is C12H11BrN2O3. The van der Waals surface area contributed by atoms with Crippen LogP contribution in [-0.4, -0.2) is 30.3 Å². The van der Waals surface area contributed by atoms with Gasteiger partial charge in [0, 0.05) is 30.2 Å². The van der Waals surface area contributed by atoms with Crippen LogP contribution in [0.25, 0.3) is 11.3 Å². The molecule has 94 valence electrons. The summed E-state index contributed by atoms with van der Waals surface area (Å²) in [5.41, 5.74) is 2.32. The first-order valence-corrected chi connectivity index (χ1v) is 5.95. The summed E-state index contributed by atoms with van der Waals surface area (Å²) in [6, 6.07) is 7.07. The minimum Gasteiger partial charge on any atom is -0.475 e. The van der Waals surface area contributed by atoms with Crippen LogP contribution in [0.1, 0.15) is 10.6 Å². The predicted molar refractivity (Wildman–Crippen MR) is 70.9 cm³/mol. The summed E-state index contributed by atoms with van der Waals surface area (Å²) in [7, 11) is 3.89. The number of aromatic nitrogens is 1. The molecule has 0 aliphatic rings. The van der Waals surface area contributed by atoms with E-state index in [-0.39, 0.29) is 5.76 Å². The summed E-state index contributed by atoms with van der Waals surface area (Å²) in [5.74, 6) is -1.30. The van der Waals surface area contributed by atoms with Crippen LogP contribution >= 0.6 is 15.9 Å². The highest BCUT2D eigenvalue weighted by Crippen LogP contribution is 2.30. The first-order valence-electron chi connectivity index (χ1n) is 5.16. The van der Waals surface area contributed by atoms with Gasteiger partial charge in [-0.05, 0) is 28.1 Å². The topological polar surface area (TPSA) is 66.6 Å². The number of nitrogens with zero attached hydrogens (tertiary/aromatic N) is 2. The third-order valence-corrected chi connectivity index (χ3v) is 3.08. The highest BCUT2D eigenvalue weighted by atomic mass is 79.9. The zero-order valence-corrected chi connectivity index (χ0v) is 11.4. The molecule has 0 aliphatic carbocycles. The van der Waals surface area contributed by atoms with Crippen molar-refractivity contribution in [2.75, 3.05) is 19.0 Å². The molecule has 18 heavy (non-hydrogen) atoms. The van der Waals surface area contributed by atoms with E-state index in [1.807, 2.05) is 37.2 Å². The molecule has 0 unspecified atom stereocenters. The molecule has 1 aromatic heterocycles. The third kappa shape index (κ3) is 2.38. The Morgan fingerprint density at radius 1 is 1.39 bits per heavy atom. The lowest BCUT2D eigenvalue weighted by Gasteiger charge is -2.14. The van der Waals surface area contributed by atoms with Gasteiger partial charge in [0.05, 0.1) is 5.69 Å². The molecular weight excluding hydrogens is 300 g/mol. The summed E-state index contributed by atoms with van der Waals surface area (Å²) in [6.45, 7) is 0. The molecule has 2 rings (SSSR count). The number of halogens is 1. The third-order valence-electron chi connectivity index (χ3n) is 2.45. The van der Waals surface area contributed by atoms with E-state index in [0.29, 0.717) is 5.69 Å². The number of carbonyl (C=O) groups is 1. The fraction of sp³-hybridized carbons (Fsp3) is 0.167. The SMILES string of the molecule is CN(C)c1ccc(-c2cc(C(=O)O)on2)cc1Br. The van der Waals surface area contributed by atoms with Gasteiger partial charge in [-0.15, -0.1) is 0 Å². The standard InChI is InChI=1S/C12H11BrN2O3/c1-15(2)10-4-3-7(5-8(10)13)9-6-11(12(16)17)18-14-9/h3-6H,1-2H3,(H,16,17). The molecule has 0 fully saturated rings. The second kappa shape index (κ2) is 4.81. The molecule has 0 saturated carbocycles. The summed E-state index contributed by atoms with van der Waals surface area (Å²) in [4.78, 5) is 12.7. The molecule has 1 heterocycles. The van der Waals surface area contributed by atoms with E-state index in [0.717, 1.165) is 15.7 Å². The Bertz CT molecular complexity index is 593. The van der Waals surface area contributed by atoms with Gasteiger partial charge in [0.15, 0.2) is 0 Å². The molecule has 0 aliphatic heterocycles. The zero-order valence-electron chi connectivity index (χ0n) is 9.85. The molecule has 0 radical (unpaired) electrons. The van der Waals surface area contributed by atoms with Crippen LogP contribution in [0.3, 0.4) is 0 Å². The van der Waals surface area contributed by atoms with Gasteiger partial charge in [0.1, 0.15) is 5.69 Å². The molecule has 5 nitrogen and oxygen atoms in total. The lowest BCUT2D eigenvalue weighted by Crippen LogP contribution is -2.09. The molecule has 0 atom stereocenters. The number of aromatic carboxylic acids is 1. The van der Waals surface area contributed by atoms with E-state index in [1.54, 1.807) is 0 Å². The fourth-order valence-electron chi connectivity index (χ4n) is 1.54. The Morgan fingerprint density at radius 2 is 2.11 bits per heavy atom. The number of rotatable bonds is 3. The summed E-state index contributed by atoms with van der Waals surface area (Å²) < 4.78 is 5.63. The van der Waals surface area contributed by atoms with E-state index < -0.39 is 5.97 Å². The van der Waals surface area contributed by atoms with Crippen molar-refractivity contribution < 1.29 is 14.4 Å². The van der Waals surface area contributed by atoms with Crippen LogP contribution < -0.4 is 4.90 Å². The Morgan fingerprint density at radius 3 is 2.61 bits per heavy atom. The van der Waals surface area contributed by atoms with Crippen molar-refractivity contribution in [1.29, 1.82) is 0 Å². The number of carboxylic acid groups (broad SMARTS) is 1. The number of hydrogen-bond donors (Lipinski definition) is 1. The van der Waals surface area contributed by atoms with E-state index in [1.165, 1.54) is 6.07 Å². The number of hydrogen-bond acceptors (Lipinski definition) is 4. The highest BCUT2D eigenvalue weighted by molar-refractivity contribution is 9.10. The number of anilines is 1. The monoisotopic (exact) mass is 310 g/mol. The van der Waals surface area contributed by atoms with E-state index in [9.17, 15) is 4.79 Å². The maximum absolute atomic E-state index is 10.7. The van der Waals surface area contributed by atoms with Crippen molar-refractivity contribution in [2.45, 2.75) is 0 Å². The zero-order chi connectivity index (χ0) is 13.3. The summed E-state index contributed by atoms with van der Waals surface area (Å²) in [5, 5.41) is 12.5. The second-order valence-corrected chi connectivity index (χ2v) is 4.80. The summed E-state index contributed by atoms with van der Waals surface area (Å²) in [6.07, 6.45) is 0. The van der Waals surface area contributed by atoms with E-state index in [2.05, 4.69) is 21.1 Å². The van der Waals surface area contributed by atoms with Crippen molar-refractivity contribution in [1.82, 2.24) is 5.16 Å². The first kappa shape index (κ1) is 12.6. The van der Waals surface area contributed by atoms with Gasteiger partial charge in [-0.25, -0.2) is 4.79 Å². The van der Waals surface area contributed by atoms with Crippen molar-refractivity contribution in [3.63, 3.8) is 0 Å². The van der Waals surface area contributed by atoms with Crippen molar-refractivity contribution >= 4 is 27.6 Å². The largest absolute Gasteiger partial charge is 0.475 e. The van der Waals surface area contributed by atoms with Crippen molar-refractivity contribution in [3.8, 4) is 11.3 Å². The quantitative estimate of drug-likeness (QED) is 0.944. The van der Waals surface area contributed by atoms with Gasteiger partial charge in [0.25, 0.3) is 0 Å². The van der Waals surface area contributed by atoms with Gasteiger partial charge in [0.2, 0.25) is 5.76 Å². The molecule has 1 N–H and O–H groups in total. The van der Waals surface area contributed by atoms with Crippen LogP contribution in [0.5, 0.6) is 0 Å². The average molecular weight is 311 g/mol. The minimum atomic E-state index is -1.13. The van der Waals surface area contributed by atoms with Gasteiger partial charge < -0.3 is 14.5 Å². The molecule has 0 spiro atoms. The van der Waals surface area contributed by atoms with Crippen LogP contribution in [0.15, 0.2) is 33.3 Å². The number of carboxylic acids is 1. The van der Waals surface area contributed by atoms with Gasteiger partial charge in [-0.3, -0.25) is 0 Å². The molecule has 6 heteroatoms. The van der Waals surface area contributed by atoms with Crippen molar-refractivity contribution in [3.05, 3.63) is 34.5 Å². The van der Waals surface area contributed by atoms with Crippen molar-refractivity contribution in [2.24, 2.45) is 0 Å². The minimum absolute atomic E-state index is 0.169. The molecule has 0 amide bonds. The lowest BCUT2D eigenvalue weighted by molar-refractivity contribution is 0.0652. The van der Waals surface area contributed by atoms with Gasteiger partial charge >= 0.3 is 5.97 Å². The van der Waals surface area contributed by atoms with Crippen LogP contribution in [0.4, 0.5) is 5.69 Å².